The Morgan fingerprint density at radius 2 is 0.633 bits per heavy atom. The van der Waals surface area contributed by atoms with Gasteiger partial charge in [0.05, 0.1) is 12.2 Å². The van der Waals surface area contributed by atoms with Gasteiger partial charge in [-0.2, -0.15) is 0 Å². The average Bonchev–Trinajstić information content (AvgIpc) is 3.10. The molecule has 0 amide bonds. The minimum atomic E-state index is -1.07. The number of aliphatic hydroxyl groups excluding tert-OH is 4. The van der Waals surface area contributed by atoms with Crippen LogP contribution in [0.5, 0.6) is 0 Å². The van der Waals surface area contributed by atoms with Crippen molar-refractivity contribution in [2.24, 2.45) is 0 Å². The molecule has 0 radical (unpaired) electrons. The molecule has 0 aromatic carbocycles. The summed E-state index contributed by atoms with van der Waals surface area (Å²) in [7, 11) is 0. The van der Waals surface area contributed by atoms with E-state index in [0.717, 1.165) is 38.5 Å². The van der Waals surface area contributed by atoms with Gasteiger partial charge < -0.3 is 20.4 Å². The monoisotopic (exact) mass is 697 g/mol. The first-order chi connectivity index (χ1) is 24.0. The molecule has 0 heterocycles. The number of ketones is 1. The van der Waals surface area contributed by atoms with Crippen molar-refractivity contribution in [2.45, 2.75) is 269 Å². The van der Waals surface area contributed by atoms with Crippen molar-refractivity contribution in [1.82, 2.24) is 0 Å². The van der Waals surface area contributed by atoms with Crippen LogP contribution in [-0.4, -0.2) is 51.1 Å². The lowest BCUT2D eigenvalue weighted by Gasteiger charge is -2.18. The number of carbonyl (C=O) groups is 1. The Hall–Kier alpha value is -0.490. The number of unbranched alkanes of at least 4 members (excludes halogenated alkanes) is 33. The number of Topliss-reactive ketones (excluding diaryl/α,β-unsaturated/α-hetero) is 1. The van der Waals surface area contributed by atoms with Crippen molar-refractivity contribution in [2.75, 3.05) is 6.61 Å². The van der Waals surface area contributed by atoms with Gasteiger partial charge in [0.15, 0.2) is 5.78 Å². The molecule has 5 heteroatoms. The molecule has 0 aromatic rings. The number of carbonyl (C=O) groups excluding carboxylic acids is 1. The zero-order valence-corrected chi connectivity index (χ0v) is 33.0. The smallest absolute Gasteiger partial charge is 0.163 e. The molecular weight excluding hydrogens is 608 g/mol. The molecular formula is C44H88O5. The number of hydrogen-bond donors (Lipinski definition) is 4. The van der Waals surface area contributed by atoms with Crippen LogP contribution in [0.25, 0.3) is 0 Å². The van der Waals surface area contributed by atoms with Crippen LogP contribution in [0.2, 0.25) is 0 Å². The predicted octanol–water partition coefficient (Wildman–Crippen LogP) is 12.5. The molecule has 0 aliphatic carbocycles. The second-order valence-electron chi connectivity index (χ2n) is 15.6. The van der Waals surface area contributed by atoms with Gasteiger partial charge in [-0.15, -0.1) is 0 Å². The van der Waals surface area contributed by atoms with Gasteiger partial charge in [0, 0.05) is 13.0 Å². The van der Waals surface area contributed by atoms with Crippen molar-refractivity contribution in [3.8, 4) is 0 Å². The first kappa shape index (κ1) is 48.5. The Balaban J connectivity index is 3.42. The van der Waals surface area contributed by atoms with Crippen LogP contribution in [0.4, 0.5) is 0 Å². The van der Waals surface area contributed by atoms with E-state index in [1.807, 2.05) is 0 Å². The van der Waals surface area contributed by atoms with Crippen LogP contribution in [0.15, 0.2) is 0 Å². The van der Waals surface area contributed by atoms with E-state index in [-0.39, 0.29) is 12.2 Å². The largest absolute Gasteiger partial charge is 0.396 e. The van der Waals surface area contributed by atoms with Crippen LogP contribution in [0.3, 0.4) is 0 Å². The van der Waals surface area contributed by atoms with Gasteiger partial charge in [-0.05, 0) is 19.3 Å². The molecule has 0 bridgehead atoms. The van der Waals surface area contributed by atoms with Gasteiger partial charge in [-0.3, -0.25) is 4.79 Å². The number of aliphatic hydroxyl groups is 4. The van der Waals surface area contributed by atoms with Gasteiger partial charge in [-0.25, -0.2) is 0 Å². The second kappa shape index (κ2) is 40.3. The van der Waals surface area contributed by atoms with Crippen molar-refractivity contribution in [1.29, 1.82) is 0 Å². The van der Waals surface area contributed by atoms with Crippen LogP contribution in [-0.2, 0) is 4.79 Å². The highest BCUT2D eigenvalue weighted by Crippen LogP contribution is 2.18. The van der Waals surface area contributed by atoms with Crippen LogP contribution in [0, 0.1) is 0 Å². The summed E-state index contributed by atoms with van der Waals surface area (Å²) in [6, 6.07) is 0. The molecule has 294 valence electrons. The van der Waals surface area contributed by atoms with Gasteiger partial charge in [0.1, 0.15) is 6.10 Å². The maximum Gasteiger partial charge on any atom is 0.163 e. The van der Waals surface area contributed by atoms with Crippen molar-refractivity contribution in [3.63, 3.8) is 0 Å². The highest BCUT2D eigenvalue weighted by molar-refractivity contribution is 5.83. The molecule has 0 aliphatic heterocycles. The van der Waals surface area contributed by atoms with Crippen molar-refractivity contribution in [3.05, 3.63) is 0 Å². The Labute approximate surface area is 306 Å². The lowest BCUT2D eigenvalue weighted by atomic mass is 9.97. The minimum absolute atomic E-state index is 0.144. The van der Waals surface area contributed by atoms with E-state index in [0.29, 0.717) is 19.4 Å². The van der Waals surface area contributed by atoms with E-state index in [9.17, 15) is 20.1 Å². The summed E-state index contributed by atoms with van der Waals surface area (Å²) in [6.07, 6.45) is 42.9. The summed E-state index contributed by atoms with van der Waals surface area (Å²) in [5, 5.41) is 39.7. The van der Waals surface area contributed by atoms with E-state index < -0.39 is 18.3 Å². The third kappa shape index (κ3) is 37.1. The fraction of sp³-hybridized carbons (Fsp3) is 0.977. The maximum atomic E-state index is 12.4. The Kier molecular flexibility index (Phi) is 39.9. The quantitative estimate of drug-likeness (QED) is 0.0476. The summed E-state index contributed by atoms with van der Waals surface area (Å²) >= 11 is 0. The summed E-state index contributed by atoms with van der Waals surface area (Å²) in [5.74, 6) is -0.329. The normalized spacial score (nSPS) is 13.6. The van der Waals surface area contributed by atoms with Gasteiger partial charge in [0.2, 0.25) is 0 Å². The van der Waals surface area contributed by atoms with E-state index >= 15 is 0 Å². The molecule has 0 saturated carbocycles. The maximum absolute atomic E-state index is 12.4. The lowest BCUT2D eigenvalue weighted by Crippen LogP contribution is -2.32. The first-order valence-corrected chi connectivity index (χ1v) is 22.2. The van der Waals surface area contributed by atoms with Gasteiger partial charge in [0.25, 0.3) is 0 Å². The van der Waals surface area contributed by atoms with Crippen LogP contribution < -0.4 is 0 Å². The molecule has 0 aromatic heterocycles. The van der Waals surface area contributed by atoms with E-state index in [4.69, 9.17) is 5.11 Å². The highest BCUT2D eigenvalue weighted by atomic mass is 16.3. The summed E-state index contributed by atoms with van der Waals surface area (Å²) in [6.45, 7) is 2.61. The molecule has 0 saturated heterocycles. The zero-order valence-electron chi connectivity index (χ0n) is 33.0. The van der Waals surface area contributed by atoms with E-state index in [1.165, 1.54) is 186 Å². The molecule has 0 spiro atoms. The summed E-state index contributed by atoms with van der Waals surface area (Å²) in [4.78, 5) is 12.4. The lowest BCUT2D eigenvalue weighted by molar-refractivity contribution is -0.131. The van der Waals surface area contributed by atoms with E-state index in [2.05, 4.69) is 6.92 Å². The van der Waals surface area contributed by atoms with Crippen molar-refractivity contribution < 1.29 is 25.2 Å². The second-order valence-corrected chi connectivity index (χ2v) is 15.6. The highest BCUT2D eigenvalue weighted by Gasteiger charge is 2.23. The predicted molar refractivity (Wildman–Crippen MR) is 211 cm³/mol. The van der Waals surface area contributed by atoms with Crippen LogP contribution in [0.1, 0.15) is 251 Å². The van der Waals surface area contributed by atoms with Gasteiger partial charge >= 0.3 is 0 Å². The molecule has 0 aliphatic rings. The Morgan fingerprint density at radius 1 is 0.367 bits per heavy atom. The van der Waals surface area contributed by atoms with Crippen LogP contribution >= 0.6 is 0 Å². The fourth-order valence-corrected chi connectivity index (χ4v) is 7.19. The Bertz CT molecular complexity index is 641. The molecule has 0 rings (SSSR count). The molecule has 0 fully saturated rings. The summed E-state index contributed by atoms with van der Waals surface area (Å²) in [5.41, 5.74) is 0. The zero-order chi connectivity index (χ0) is 35.9. The topological polar surface area (TPSA) is 98.0 Å². The SMILES string of the molecule is CCCCCCCCCCCCCCC(O)C(O)CC(=O)C(O)CCCCCCCCCCCCCCCCCCCCCCCCCO. The fourth-order valence-electron chi connectivity index (χ4n) is 7.19. The number of rotatable bonds is 42. The number of hydrogen-bond acceptors (Lipinski definition) is 5. The standard InChI is InChI=1S/C44H88O5/c1-2-3-4-5-6-7-8-22-25-28-31-34-37-41(46)43(48)40-44(49)42(47)38-35-32-29-26-23-20-18-16-14-12-10-9-11-13-15-17-19-21-24-27-30-33-36-39-45/h41-43,45-48H,2-40H2,1H3. The van der Waals surface area contributed by atoms with Gasteiger partial charge in [-0.1, -0.05) is 225 Å². The molecule has 49 heavy (non-hydrogen) atoms. The summed E-state index contributed by atoms with van der Waals surface area (Å²) < 4.78 is 0. The Morgan fingerprint density at radius 3 is 0.939 bits per heavy atom. The molecule has 3 unspecified atom stereocenters. The van der Waals surface area contributed by atoms with Crippen molar-refractivity contribution >= 4 is 5.78 Å². The molecule has 4 N–H and O–H groups in total. The minimum Gasteiger partial charge on any atom is -0.396 e. The van der Waals surface area contributed by atoms with E-state index in [1.54, 1.807) is 0 Å². The first-order valence-electron chi connectivity index (χ1n) is 22.2. The molecule has 5 nitrogen and oxygen atoms in total. The molecule has 3 atom stereocenters. The average molecular weight is 697 g/mol. The third-order valence-electron chi connectivity index (χ3n) is 10.7. The third-order valence-corrected chi connectivity index (χ3v) is 10.7.